The summed E-state index contributed by atoms with van der Waals surface area (Å²) < 4.78 is 7.85. The van der Waals surface area contributed by atoms with Gasteiger partial charge in [-0.3, -0.25) is 4.79 Å². The normalized spacial score (nSPS) is 11.9. The number of nitrogens with zero attached hydrogens (tertiary/aromatic N) is 2. The summed E-state index contributed by atoms with van der Waals surface area (Å²) in [4.78, 5) is 28.8. The van der Waals surface area contributed by atoms with Gasteiger partial charge in [0.2, 0.25) is 5.91 Å². The van der Waals surface area contributed by atoms with Gasteiger partial charge in [0.25, 0.3) is 0 Å². The molecule has 0 spiro atoms. The number of carbonyl (C=O) groups excluding carboxylic acids is 2. The van der Waals surface area contributed by atoms with Crippen molar-refractivity contribution in [2.75, 3.05) is 6.61 Å². The number of fused-ring (bicyclic) bond motifs is 1. The summed E-state index contributed by atoms with van der Waals surface area (Å²) in [5.74, 6) is -0.226. The lowest BCUT2D eigenvalue weighted by atomic mass is 10.1. The number of ether oxygens (including phenoxy) is 1. The van der Waals surface area contributed by atoms with Crippen molar-refractivity contribution in [3.63, 3.8) is 0 Å². The van der Waals surface area contributed by atoms with E-state index < -0.39 is 0 Å². The summed E-state index contributed by atoms with van der Waals surface area (Å²) in [5.41, 5.74) is 1.42. The second kappa shape index (κ2) is 8.06. The number of amides is 1. The number of hydrogen-bond donors (Lipinski definition) is 0. The Kier molecular flexibility index (Phi) is 6.09. The molecule has 0 aliphatic carbocycles. The van der Waals surface area contributed by atoms with E-state index >= 15 is 0 Å². The molecular weight excluding hydrogens is 324 g/mol. The zero-order valence-electron chi connectivity index (χ0n) is 14.2. The summed E-state index contributed by atoms with van der Waals surface area (Å²) in [7, 11) is 0. The third-order valence-electron chi connectivity index (χ3n) is 3.31. The molecule has 1 aromatic carbocycles. The van der Waals surface area contributed by atoms with Crippen LogP contribution in [0.2, 0.25) is 0 Å². The standard InChI is InChI=1S/C18H22N2O3S/c1-5-9-20-14-8-7-13(17(22)23-6-2)11-15(14)24-18(20)19-16(21)10-12(3)4/h5,7-8,11-12H,1,6,9-10H2,2-4H3. The molecule has 0 unspecified atom stereocenters. The van der Waals surface area contributed by atoms with Gasteiger partial charge in [-0.05, 0) is 31.0 Å². The molecule has 0 bridgehead atoms. The van der Waals surface area contributed by atoms with Gasteiger partial charge in [-0.2, -0.15) is 4.99 Å². The van der Waals surface area contributed by atoms with Crippen LogP contribution < -0.4 is 4.80 Å². The average Bonchev–Trinajstić information content (AvgIpc) is 2.84. The summed E-state index contributed by atoms with van der Waals surface area (Å²) in [6, 6.07) is 5.36. The topological polar surface area (TPSA) is 60.7 Å². The van der Waals surface area contributed by atoms with Gasteiger partial charge in [0, 0.05) is 13.0 Å². The number of hydrogen-bond acceptors (Lipinski definition) is 4. The molecule has 0 saturated heterocycles. The predicted octanol–water partition coefficient (Wildman–Crippen LogP) is 3.54. The van der Waals surface area contributed by atoms with Crippen molar-refractivity contribution in [1.29, 1.82) is 0 Å². The molecular formula is C18H22N2O3S. The van der Waals surface area contributed by atoms with Gasteiger partial charge in [-0.15, -0.1) is 6.58 Å². The number of rotatable bonds is 6. The molecule has 1 aromatic heterocycles. The second-order valence-electron chi connectivity index (χ2n) is 5.79. The molecule has 0 fully saturated rings. The molecule has 1 heterocycles. The van der Waals surface area contributed by atoms with Gasteiger partial charge < -0.3 is 9.30 Å². The monoisotopic (exact) mass is 346 g/mol. The van der Waals surface area contributed by atoms with E-state index in [-0.39, 0.29) is 17.8 Å². The Labute approximate surface area is 145 Å². The fourth-order valence-electron chi connectivity index (χ4n) is 2.31. The van der Waals surface area contributed by atoms with E-state index in [1.54, 1.807) is 25.1 Å². The Balaban J connectivity index is 2.52. The average molecular weight is 346 g/mol. The lowest BCUT2D eigenvalue weighted by Crippen LogP contribution is -2.16. The molecule has 128 valence electrons. The lowest BCUT2D eigenvalue weighted by Gasteiger charge is -2.03. The Bertz CT molecular complexity index is 830. The van der Waals surface area contributed by atoms with E-state index in [1.165, 1.54) is 11.3 Å². The zero-order chi connectivity index (χ0) is 17.7. The van der Waals surface area contributed by atoms with E-state index in [4.69, 9.17) is 4.74 Å². The lowest BCUT2D eigenvalue weighted by molar-refractivity contribution is -0.118. The van der Waals surface area contributed by atoms with Gasteiger partial charge in [0.1, 0.15) is 0 Å². The van der Waals surface area contributed by atoms with Crippen molar-refractivity contribution in [2.24, 2.45) is 10.9 Å². The molecule has 1 amide bonds. The van der Waals surface area contributed by atoms with Gasteiger partial charge in [-0.1, -0.05) is 31.3 Å². The molecule has 6 heteroatoms. The Morgan fingerprint density at radius 2 is 2.17 bits per heavy atom. The van der Waals surface area contributed by atoms with Crippen molar-refractivity contribution < 1.29 is 14.3 Å². The van der Waals surface area contributed by atoms with Crippen LogP contribution in [0.4, 0.5) is 0 Å². The van der Waals surface area contributed by atoms with Crippen LogP contribution in [0.25, 0.3) is 10.2 Å². The molecule has 24 heavy (non-hydrogen) atoms. The van der Waals surface area contributed by atoms with Gasteiger partial charge in [-0.25, -0.2) is 4.79 Å². The van der Waals surface area contributed by atoms with E-state index in [2.05, 4.69) is 11.6 Å². The van der Waals surface area contributed by atoms with Crippen molar-refractivity contribution in [1.82, 2.24) is 4.57 Å². The van der Waals surface area contributed by atoms with Crippen molar-refractivity contribution in [3.8, 4) is 0 Å². The number of benzene rings is 1. The van der Waals surface area contributed by atoms with Gasteiger partial charge >= 0.3 is 5.97 Å². The third-order valence-corrected chi connectivity index (χ3v) is 4.35. The van der Waals surface area contributed by atoms with Crippen molar-refractivity contribution in [2.45, 2.75) is 33.7 Å². The largest absolute Gasteiger partial charge is 0.462 e. The minimum atomic E-state index is -0.350. The van der Waals surface area contributed by atoms with E-state index in [9.17, 15) is 9.59 Å². The molecule has 0 atom stereocenters. The highest BCUT2D eigenvalue weighted by molar-refractivity contribution is 7.16. The maximum atomic E-state index is 12.0. The van der Waals surface area contributed by atoms with E-state index in [0.717, 1.165) is 10.2 Å². The van der Waals surface area contributed by atoms with E-state index in [1.807, 2.05) is 24.5 Å². The van der Waals surface area contributed by atoms with Crippen LogP contribution in [0.5, 0.6) is 0 Å². The first-order chi connectivity index (χ1) is 11.5. The third kappa shape index (κ3) is 4.20. The number of esters is 1. The predicted molar refractivity (Wildman–Crippen MR) is 96.0 cm³/mol. The molecule has 0 aliphatic heterocycles. The minimum absolute atomic E-state index is 0.139. The highest BCUT2D eigenvalue weighted by Gasteiger charge is 2.12. The van der Waals surface area contributed by atoms with Crippen molar-refractivity contribution in [3.05, 3.63) is 41.2 Å². The minimum Gasteiger partial charge on any atom is -0.462 e. The summed E-state index contributed by atoms with van der Waals surface area (Å²) in [5, 5.41) is 0. The SMILES string of the molecule is C=CCn1c(=NC(=O)CC(C)C)sc2cc(C(=O)OCC)ccc21. The zero-order valence-corrected chi connectivity index (χ0v) is 15.1. The van der Waals surface area contributed by atoms with E-state index in [0.29, 0.717) is 29.9 Å². The quantitative estimate of drug-likeness (QED) is 0.594. The molecule has 0 saturated carbocycles. The number of thiazole rings is 1. The maximum absolute atomic E-state index is 12.0. The van der Waals surface area contributed by atoms with Crippen LogP contribution in [0.15, 0.2) is 35.8 Å². The number of allylic oxidation sites excluding steroid dienone is 1. The number of aromatic nitrogens is 1. The molecule has 2 rings (SSSR count). The number of carbonyl (C=O) groups is 2. The first-order valence-corrected chi connectivity index (χ1v) is 8.76. The molecule has 0 radical (unpaired) electrons. The van der Waals surface area contributed by atoms with Crippen LogP contribution in [0, 0.1) is 5.92 Å². The Hall–Kier alpha value is -2.21. The van der Waals surface area contributed by atoms with Gasteiger partial charge in [0.05, 0.1) is 22.4 Å². The van der Waals surface area contributed by atoms with Crippen LogP contribution in [0.1, 0.15) is 37.6 Å². The first kappa shape index (κ1) is 18.1. The van der Waals surface area contributed by atoms with Crippen LogP contribution in [-0.4, -0.2) is 23.1 Å². The fraction of sp³-hybridized carbons (Fsp3) is 0.389. The highest BCUT2D eigenvalue weighted by atomic mass is 32.1. The second-order valence-corrected chi connectivity index (χ2v) is 6.80. The van der Waals surface area contributed by atoms with Crippen molar-refractivity contribution >= 4 is 33.4 Å². The fourth-order valence-corrected chi connectivity index (χ4v) is 3.40. The summed E-state index contributed by atoms with van der Waals surface area (Å²) in [6.07, 6.45) is 2.17. The molecule has 2 aromatic rings. The Morgan fingerprint density at radius 1 is 1.42 bits per heavy atom. The van der Waals surface area contributed by atoms with Crippen LogP contribution >= 0.6 is 11.3 Å². The maximum Gasteiger partial charge on any atom is 0.338 e. The molecule has 0 aliphatic rings. The first-order valence-electron chi connectivity index (χ1n) is 7.95. The highest BCUT2D eigenvalue weighted by Crippen LogP contribution is 2.20. The smallest absolute Gasteiger partial charge is 0.338 e. The van der Waals surface area contributed by atoms with Gasteiger partial charge in [0.15, 0.2) is 4.80 Å². The summed E-state index contributed by atoms with van der Waals surface area (Å²) >= 11 is 1.39. The molecule has 5 nitrogen and oxygen atoms in total. The van der Waals surface area contributed by atoms with Crippen LogP contribution in [-0.2, 0) is 16.1 Å². The van der Waals surface area contributed by atoms with Crippen LogP contribution in [0.3, 0.4) is 0 Å². The summed E-state index contributed by atoms with van der Waals surface area (Å²) in [6.45, 7) is 10.4. The Morgan fingerprint density at radius 3 is 2.79 bits per heavy atom. The molecule has 0 N–H and O–H groups in total.